The maximum atomic E-state index is 6.37. The van der Waals surface area contributed by atoms with Crippen molar-refractivity contribution in [1.82, 2.24) is 10.2 Å². The summed E-state index contributed by atoms with van der Waals surface area (Å²) in [6, 6.07) is 4.74. The highest BCUT2D eigenvalue weighted by Crippen LogP contribution is 2.36. The molecular formula is C19H29ClN2O3. The van der Waals surface area contributed by atoms with Gasteiger partial charge in [-0.1, -0.05) is 18.5 Å². The minimum Gasteiger partial charge on any atom is -0.493 e. The van der Waals surface area contributed by atoms with Gasteiger partial charge in [-0.05, 0) is 37.0 Å². The summed E-state index contributed by atoms with van der Waals surface area (Å²) < 4.78 is 17.0. The topological polar surface area (TPSA) is 43.0 Å². The Kier molecular flexibility index (Phi) is 6.82. The Morgan fingerprint density at radius 2 is 2.20 bits per heavy atom. The van der Waals surface area contributed by atoms with Gasteiger partial charge in [0.05, 0.1) is 31.5 Å². The van der Waals surface area contributed by atoms with Gasteiger partial charge < -0.3 is 19.5 Å². The Bertz CT molecular complexity index is 566. The largest absolute Gasteiger partial charge is 0.493 e. The molecule has 1 aliphatic heterocycles. The molecule has 6 heteroatoms. The fourth-order valence-electron chi connectivity index (χ4n) is 3.23. The van der Waals surface area contributed by atoms with Crippen molar-refractivity contribution >= 4 is 11.6 Å². The molecule has 0 aromatic heterocycles. The van der Waals surface area contributed by atoms with Gasteiger partial charge in [0.15, 0.2) is 11.5 Å². The number of morpholine rings is 1. The first kappa shape index (κ1) is 18.8. The molecule has 1 aromatic carbocycles. The normalized spacial score (nSPS) is 21.3. The van der Waals surface area contributed by atoms with Crippen molar-refractivity contribution in [2.75, 3.05) is 40.0 Å². The van der Waals surface area contributed by atoms with Crippen molar-refractivity contribution in [3.63, 3.8) is 0 Å². The van der Waals surface area contributed by atoms with Crippen LogP contribution in [0.1, 0.15) is 31.7 Å². The van der Waals surface area contributed by atoms with Gasteiger partial charge in [-0.3, -0.25) is 4.90 Å². The van der Waals surface area contributed by atoms with Gasteiger partial charge in [-0.25, -0.2) is 0 Å². The van der Waals surface area contributed by atoms with E-state index in [4.69, 9.17) is 25.8 Å². The van der Waals surface area contributed by atoms with Crippen molar-refractivity contribution in [1.29, 1.82) is 0 Å². The lowest BCUT2D eigenvalue weighted by atomic mass is 10.2. The predicted octanol–water partition coefficient (Wildman–Crippen LogP) is 3.09. The second-order valence-corrected chi connectivity index (χ2v) is 7.21. The third-order valence-electron chi connectivity index (χ3n) is 4.67. The van der Waals surface area contributed by atoms with Crippen LogP contribution in [0.25, 0.3) is 0 Å². The van der Waals surface area contributed by atoms with Gasteiger partial charge in [0.1, 0.15) is 0 Å². The number of hydrogen-bond donors (Lipinski definition) is 1. The highest BCUT2D eigenvalue weighted by molar-refractivity contribution is 6.32. The first-order valence-electron chi connectivity index (χ1n) is 9.26. The van der Waals surface area contributed by atoms with Crippen molar-refractivity contribution in [3.05, 3.63) is 22.7 Å². The summed E-state index contributed by atoms with van der Waals surface area (Å²) in [5.74, 6) is 1.32. The van der Waals surface area contributed by atoms with Crippen LogP contribution in [0.3, 0.4) is 0 Å². The molecule has 1 saturated carbocycles. The molecule has 1 atom stereocenters. The van der Waals surface area contributed by atoms with E-state index >= 15 is 0 Å². The number of ether oxygens (including phenoxy) is 3. The van der Waals surface area contributed by atoms with E-state index in [1.807, 2.05) is 12.1 Å². The predicted molar refractivity (Wildman–Crippen MR) is 99.8 cm³/mol. The molecule has 25 heavy (non-hydrogen) atoms. The fourth-order valence-corrected chi connectivity index (χ4v) is 3.52. The lowest BCUT2D eigenvalue weighted by Gasteiger charge is -2.33. The maximum absolute atomic E-state index is 6.37. The monoisotopic (exact) mass is 368 g/mol. The SMILES string of the molecule is CCCOc1c(Cl)cc(CNCC2CN(C3CC3)CCO2)cc1OC. The van der Waals surface area contributed by atoms with E-state index in [-0.39, 0.29) is 6.10 Å². The van der Waals surface area contributed by atoms with Crippen molar-refractivity contribution in [3.8, 4) is 11.5 Å². The molecule has 1 heterocycles. The van der Waals surface area contributed by atoms with Crippen LogP contribution in [0, 0.1) is 0 Å². The first-order chi connectivity index (χ1) is 12.2. The summed E-state index contributed by atoms with van der Waals surface area (Å²) in [7, 11) is 1.64. The third kappa shape index (κ3) is 5.23. The van der Waals surface area contributed by atoms with Crippen molar-refractivity contribution in [2.45, 2.75) is 44.9 Å². The molecule has 2 aliphatic rings. The van der Waals surface area contributed by atoms with Gasteiger partial charge in [-0.15, -0.1) is 0 Å². The van der Waals surface area contributed by atoms with E-state index in [1.165, 1.54) is 12.8 Å². The minimum atomic E-state index is 0.263. The molecule has 0 bridgehead atoms. The Balaban J connectivity index is 1.51. The van der Waals surface area contributed by atoms with Gasteiger partial charge in [0.2, 0.25) is 0 Å². The lowest BCUT2D eigenvalue weighted by molar-refractivity contribution is -0.0301. The summed E-state index contributed by atoms with van der Waals surface area (Å²) in [5.41, 5.74) is 1.08. The first-order valence-corrected chi connectivity index (χ1v) is 9.64. The number of methoxy groups -OCH3 is 1. The van der Waals surface area contributed by atoms with E-state index in [0.717, 1.165) is 50.8 Å². The van der Waals surface area contributed by atoms with Crippen LogP contribution in [0.5, 0.6) is 11.5 Å². The van der Waals surface area contributed by atoms with Crippen LogP contribution in [0.2, 0.25) is 5.02 Å². The smallest absolute Gasteiger partial charge is 0.179 e. The fraction of sp³-hybridized carbons (Fsp3) is 0.684. The van der Waals surface area contributed by atoms with Gasteiger partial charge in [0, 0.05) is 32.2 Å². The molecule has 0 amide bonds. The average Bonchev–Trinajstić information content (AvgIpc) is 3.46. The molecule has 1 aromatic rings. The van der Waals surface area contributed by atoms with E-state index in [0.29, 0.717) is 23.1 Å². The van der Waals surface area contributed by atoms with E-state index in [2.05, 4.69) is 17.1 Å². The summed E-state index contributed by atoms with van der Waals surface area (Å²) in [4.78, 5) is 2.57. The minimum absolute atomic E-state index is 0.263. The molecule has 3 rings (SSSR count). The van der Waals surface area contributed by atoms with E-state index in [9.17, 15) is 0 Å². The molecule has 1 N–H and O–H groups in total. The van der Waals surface area contributed by atoms with Crippen LogP contribution in [0.4, 0.5) is 0 Å². The maximum Gasteiger partial charge on any atom is 0.179 e. The Morgan fingerprint density at radius 1 is 1.36 bits per heavy atom. The molecule has 0 radical (unpaired) electrons. The summed E-state index contributed by atoms with van der Waals surface area (Å²) in [5, 5.41) is 4.08. The molecular weight excluding hydrogens is 340 g/mol. The quantitative estimate of drug-likeness (QED) is 0.725. The molecule has 1 aliphatic carbocycles. The van der Waals surface area contributed by atoms with Crippen LogP contribution in [-0.2, 0) is 11.3 Å². The highest BCUT2D eigenvalue weighted by atomic mass is 35.5. The summed E-state index contributed by atoms with van der Waals surface area (Å²) in [6.45, 7) is 7.22. The molecule has 0 spiro atoms. The second kappa shape index (κ2) is 9.08. The van der Waals surface area contributed by atoms with Crippen LogP contribution >= 0.6 is 11.6 Å². The van der Waals surface area contributed by atoms with Gasteiger partial charge in [-0.2, -0.15) is 0 Å². The molecule has 140 valence electrons. The van der Waals surface area contributed by atoms with Gasteiger partial charge >= 0.3 is 0 Å². The number of hydrogen-bond acceptors (Lipinski definition) is 5. The molecule has 1 saturated heterocycles. The zero-order valence-electron chi connectivity index (χ0n) is 15.2. The third-order valence-corrected chi connectivity index (χ3v) is 4.96. The van der Waals surface area contributed by atoms with Crippen molar-refractivity contribution < 1.29 is 14.2 Å². The van der Waals surface area contributed by atoms with Crippen LogP contribution in [-0.4, -0.2) is 57.0 Å². The average molecular weight is 369 g/mol. The highest BCUT2D eigenvalue weighted by Gasteiger charge is 2.32. The van der Waals surface area contributed by atoms with Crippen LogP contribution in [0.15, 0.2) is 12.1 Å². The van der Waals surface area contributed by atoms with E-state index < -0.39 is 0 Å². The Morgan fingerprint density at radius 3 is 2.92 bits per heavy atom. The Labute approximate surface area is 155 Å². The standard InChI is InChI=1S/C19H29ClN2O3/c1-3-7-25-19-17(20)9-14(10-18(19)23-2)11-21-12-16-13-22(6-8-24-16)15-4-5-15/h9-10,15-16,21H,3-8,11-13H2,1-2H3. The summed E-state index contributed by atoms with van der Waals surface area (Å²) >= 11 is 6.37. The molecule has 1 unspecified atom stereocenters. The molecule has 2 fully saturated rings. The van der Waals surface area contributed by atoms with Crippen molar-refractivity contribution in [2.24, 2.45) is 0 Å². The zero-order valence-corrected chi connectivity index (χ0v) is 16.0. The number of halogens is 1. The van der Waals surface area contributed by atoms with E-state index in [1.54, 1.807) is 7.11 Å². The number of nitrogens with one attached hydrogen (secondary N) is 1. The van der Waals surface area contributed by atoms with Gasteiger partial charge in [0.25, 0.3) is 0 Å². The second-order valence-electron chi connectivity index (χ2n) is 6.81. The lowest BCUT2D eigenvalue weighted by Crippen LogP contribution is -2.47. The molecule has 5 nitrogen and oxygen atoms in total. The number of nitrogens with zero attached hydrogens (tertiary/aromatic N) is 1. The zero-order chi connectivity index (χ0) is 17.6. The summed E-state index contributed by atoms with van der Waals surface area (Å²) in [6.07, 6.45) is 3.90. The van der Waals surface area contributed by atoms with Crippen LogP contribution < -0.4 is 14.8 Å². The Hall–Kier alpha value is -1.01. The number of benzene rings is 1. The number of rotatable bonds is 9.